The molecule has 0 bridgehead atoms. The van der Waals surface area contributed by atoms with Crippen molar-refractivity contribution in [2.24, 2.45) is 0 Å². The van der Waals surface area contributed by atoms with Crippen molar-refractivity contribution in [1.29, 1.82) is 0 Å². The first kappa shape index (κ1) is 22.4. The number of hydrogen-bond acceptors (Lipinski definition) is 4. The van der Waals surface area contributed by atoms with E-state index in [4.69, 9.17) is 4.74 Å². The van der Waals surface area contributed by atoms with E-state index in [1.54, 1.807) is 30.3 Å². The van der Waals surface area contributed by atoms with E-state index in [9.17, 15) is 13.2 Å². The molecule has 1 aliphatic heterocycles. The number of carbonyl (C=O) groups is 1. The molecular formula is C24H23BrN2O4S. The Morgan fingerprint density at radius 3 is 2.56 bits per heavy atom. The van der Waals surface area contributed by atoms with E-state index in [1.807, 2.05) is 31.2 Å². The molecule has 0 aromatic heterocycles. The van der Waals surface area contributed by atoms with Gasteiger partial charge in [-0.15, -0.1) is 0 Å². The summed E-state index contributed by atoms with van der Waals surface area (Å²) >= 11 is 3.43. The second-order valence-corrected chi connectivity index (χ2v) is 10.1. The van der Waals surface area contributed by atoms with Crippen LogP contribution in [0.1, 0.15) is 29.3 Å². The molecule has 3 aromatic rings. The lowest BCUT2D eigenvalue weighted by Crippen LogP contribution is -2.29. The highest BCUT2D eigenvalue weighted by Gasteiger charge is 2.30. The molecule has 1 heterocycles. The van der Waals surface area contributed by atoms with Crippen LogP contribution in [0, 0.1) is 0 Å². The van der Waals surface area contributed by atoms with Crippen LogP contribution in [0.25, 0.3) is 0 Å². The van der Waals surface area contributed by atoms with Crippen LogP contribution in [0.5, 0.6) is 5.75 Å². The number of sulfonamides is 1. The number of rotatable bonds is 7. The lowest BCUT2D eigenvalue weighted by atomic mass is 10.2. The summed E-state index contributed by atoms with van der Waals surface area (Å²) in [6.07, 6.45) is 1.59. The average Bonchev–Trinajstić information content (AvgIpc) is 3.24. The molecule has 1 N–H and O–H groups in total. The van der Waals surface area contributed by atoms with E-state index < -0.39 is 10.0 Å². The second kappa shape index (κ2) is 9.34. The molecule has 0 atom stereocenters. The molecular weight excluding hydrogens is 492 g/mol. The lowest BCUT2D eigenvalue weighted by molar-refractivity contribution is 0.102. The van der Waals surface area contributed by atoms with Gasteiger partial charge in [0.2, 0.25) is 0 Å². The number of para-hydroxylation sites is 1. The zero-order chi connectivity index (χ0) is 22.7. The fourth-order valence-corrected chi connectivity index (χ4v) is 5.57. The van der Waals surface area contributed by atoms with Gasteiger partial charge in [0.25, 0.3) is 15.9 Å². The van der Waals surface area contributed by atoms with E-state index in [0.717, 1.165) is 17.7 Å². The van der Waals surface area contributed by atoms with Gasteiger partial charge in [0, 0.05) is 17.8 Å². The summed E-state index contributed by atoms with van der Waals surface area (Å²) in [5, 5.41) is 2.80. The smallest absolute Gasteiger partial charge is 0.264 e. The predicted octanol–water partition coefficient (Wildman–Crippen LogP) is 5.24. The van der Waals surface area contributed by atoms with Crippen LogP contribution in [-0.4, -0.2) is 27.5 Å². The van der Waals surface area contributed by atoms with E-state index in [1.165, 1.54) is 16.4 Å². The Balaban J connectivity index is 1.47. The molecule has 1 aliphatic rings. The summed E-state index contributed by atoms with van der Waals surface area (Å²) in [6, 6.07) is 18.9. The number of hydrogen-bond donors (Lipinski definition) is 1. The molecule has 166 valence electrons. The third-order valence-corrected chi connectivity index (χ3v) is 7.65. The zero-order valence-corrected chi connectivity index (χ0v) is 19.9. The van der Waals surface area contributed by atoms with Crippen molar-refractivity contribution in [3.63, 3.8) is 0 Å². The number of halogens is 1. The molecule has 32 heavy (non-hydrogen) atoms. The number of nitrogens with zero attached hydrogens (tertiary/aromatic N) is 1. The van der Waals surface area contributed by atoms with Gasteiger partial charge in [-0.25, -0.2) is 8.42 Å². The van der Waals surface area contributed by atoms with Gasteiger partial charge < -0.3 is 10.1 Å². The maximum atomic E-state index is 13.1. The monoisotopic (exact) mass is 514 g/mol. The fourth-order valence-electron chi connectivity index (χ4n) is 3.57. The number of carbonyl (C=O) groups excluding carboxylic acids is 1. The number of fused-ring (bicyclic) bond motifs is 1. The molecule has 4 rings (SSSR count). The molecule has 6 nitrogen and oxygen atoms in total. The van der Waals surface area contributed by atoms with Crippen molar-refractivity contribution < 1.29 is 17.9 Å². The number of anilines is 2. The highest BCUT2D eigenvalue weighted by atomic mass is 79.9. The molecule has 0 saturated carbocycles. The van der Waals surface area contributed by atoms with Gasteiger partial charge in [0.05, 0.1) is 21.7 Å². The normalized spacial score (nSPS) is 13.0. The first-order valence-corrected chi connectivity index (χ1v) is 12.6. The Morgan fingerprint density at radius 2 is 1.84 bits per heavy atom. The summed E-state index contributed by atoms with van der Waals surface area (Å²) in [5.74, 6) is 0.387. The molecule has 0 aliphatic carbocycles. The van der Waals surface area contributed by atoms with Crippen molar-refractivity contribution in [3.05, 3.63) is 82.3 Å². The first-order valence-electron chi connectivity index (χ1n) is 10.3. The largest absolute Gasteiger partial charge is 0.492 e. The number of ether oxygens (including phenoxy) is 1. The minimum atomic E-state index is -3.67. The van der Waals surface area contributed by atoms with Crippen LogP contribution in [0.15, 0.2) is 76.1 Å². The average molecular weight is 515 g/mol. The first-order chi connectivity index (χ1) is 15.4. The highest BCUT2D eigenvalue weighted by molar-refractivity contribution is 9.10. The molecule has 1 amide bonds. The van der Waals surface area contributed by atoms with Crippen molar-refractivity contribution in [1.82, 2.24) is 0 Å². The topological polar surface area (TPSA) is 75.7 Å². The quantitative estimate of drug-likeness (QED) is 0.467. The molecule has 0 saturated heterocycles. The van der Waals surface area contributed by atoms with Gasteiger partial charge in [-0.05, 0) is 82.9 Å². The summed E-state index contributed by atoms with van der Waals surface area (Å²) in [5.41, 5.74) is 2.73. The van der Waals surface area contributed by atoms with Crippen LogP contribution in [0.3, 0.4) is 0 Å². The molecule has 3 aromatic carbocycles. The third kappa shape index (κ3) is 4.52. The molecule has 0 radical (unpaired) electrons. The van der Waals surface area contributed by atoms with E-state index in [-0.39, 0.29) is 10.8 Å². The summed E-state index contributed by atoms with van der Waals surface area (Å²) in [7, 11) is -3.67. The van der Waals surface area contributed by atoms with Crippen molar-refractivity contribution >= 4 is 43.2 Å². The van der Waals surface area contributed by atoms with Crippen molar-refractivity contribution in [3.8, 4) is 5.75 Å². The Labute approximate surface area is 196 Å². The van der Waals surface area contributed by atoms with Gasteiger partial charge in [-0.2, -0.15) is 0 Å². The zero-order valence-electron chi connectivity index (χ0n) is 17.5. The van der Waals surface area contributed by atoms with E-state index in [0.29, 0.717) is 41.0 Å². The maximum Gasteiger partial charge on any atom is 0.264 e. The predicted molar refractivity (Wildman–Crippen MR) is 129 cm³/mol. The molecule has 0 spiro atoms. The van der Waals surface area contributed by atoms with Crippen LogP contribution < -0.4 is 14.4 Å². The Hall–Kier alpha value is -2.84. The third-order valence-electron chi connectivity index (χ3n) is 5.20. The second-order valence-electron chi connectivity index (χ2n) is 7.43. The molecule has 0 fully saturated rings. The van der Waals surface area contributed by atoms with Gasteiger partial charge in [0.1, 0.15) is 5.75 Å². The number of amides is 1. The van der Waals surface area contributed by atoms with Crippen LogP contribution in [-0.2, 0) is 16.4 Å². The maximum absolute atomic E-state index is 13.1. The van der Waals surface area contributed by atoms with Gasteiger partial charge in [-0.3, -0.25) is 9.10 Å². The van der Waals surface area contributed by atoms with E-state index >= 15 is 0 Å². The van der Waals surface area contributed by atoms with Crippen molar-refractivity contribution in [2.75, 3.05) is 22.8 Å². The van der Waals surface area contributed by atoms with Gasteiger partial charge >= 0.3 is 0 Å². The van der Waals surface area contributed by atoms with Gasteiger partial charge in [-0.1, -0.05) is 25.1 Å². The van der Waals surface area contributed by atoms with E-state index in [2.05, 4.69) is 21.2 Å². The molecule has 0 unspecified atom stereocenters. The Morgan fingerprint density at radius 1 is 1.09 bits per heavy atom. The summed E-state index contributed by atoms with van der Waals surface area (Å²) in [6.45, 7) is 3.05. The highest BCUT2D eigenvalue weighted by Crippen LogP contribution is 2.33. The fraction of sp³-hybridized carbons (Fsp3) is 0.208. The van der Waals surface area contributed by atoms with Crippen LogP contribution in [0.2, 0.25) is 0 Å². The Kier molecular flexibility index (Phi) is 6.53. The summed E-state index contributed by atoms with van der Waals surface area (Å²) in [4.78, 5) is 12.8. The minimum absolute atomic E-state index is 0.187. The van der Waals surface area contributed by atoms with Crippen LogP contribution >= 0.6 is 15.9 Å². The number of nitrogens with one attached hydrogen (secondary N) is 1. The SMILES string of the molecule is CCCOc1ccc(C(=O)Nc2ccc(S(=O)(=O)N3CCc4ccccc43)cc2)cc1Br. The van der Waals surface area contributed by atoms with Crippen LogP contribution in [0.4, 0.5) is 11.4 Å². The van der Waals surface area contributed by atoms with Crippen molar-refractivity contribution in [2.45, 2.75) is 24.7 Å². The lowest BCUT2D eigenvalue weighted by Gasteiger charge is -2.19. The standard InChI is InChI=1S/C24H23BrN2O4S/c1-2-15-31-23-12-7-18(16-21(23)25)24(28)26-19-8-10-20(11-9-19)32(29,30)27-14-13-17-5-3-4-6-22(17)27/h3-12,16H,2,13-15H2,1H3,(H,26,28). The summed E-state index contributed by atoms with van der Waals surface area (Å²) < 4.78 is 34.0. The van der Waals surface area contributed by atoms with Gasteiger partial charge in [0.15, 0.2) is 0 Å². The number of benzene rings is 3. The molecule has 8 heteroatoms. The minimum Gasteiger partial charge on any atom is -0.492 e. The Bertz CT molecular complexity index is 1240.